The van der Waals surface area contributed by atoms with Gasteiger partial charge in [-0.1, -0.05) is 117 Å². The topological polar surface area (TPSA) is 96.2 Å². The molecule has 0 aromatic carbocycles. The number of quaternary nitrogens is 1. The van der Waals surface area contributed by atoms with Crippen molar-refractivity contribution < 1.29 is 33.2 Å². The molecule has 0 aliphatic rings. The van der Waals surface area contributed by atoms with E-state index in [0.717, 1.165) is 32.1 Å². The van der Waals surface area contributed by atoms with Crippen molar-refractivity contribution >= 4 is 7.82 Å². The van der Waals surface area contributed by atoms with Gasteiger partial charge in [0.2, 0.25) is 0 Å². The van der Waals surface area contributed by atoms with Gasteiger partial charge in [-0.3, -0.25) is 9.05 Å². The molecule has 0 fully saturated rings. The zero-order chi connectivity index (χ0) is 27.3. The first-order valence-corrected chi connectivity index (χ1v) is 16.3. The molecule has 0 aliphatic carbocycles. The van der Waals surface area contributed by atoms with Gasteiger partial charge in [0.15, 0.2) is 0 Å². The average Bonchev–Trinajstić information content (AvgIpc) is 2.79. The molecule has 36 heavy (non-hydrogen) atoms. The van der Waals surface area contributed by atoms with Crippen LogP contribution in [-0.4, -0.2) is 72.2 Å². The molecule has 0 rings (SSSR count). The lowest BCUT2D eigenvalue weighted by Gasteiger charge is -2.40. The molecule has 0 aliphatic heterocycles. The molecule has 3 atom stereocenters. The number of rotatable bonds is 26. The van der Waals surface area contributed by atoms with Crippen LogP contribution >= 0.6 is 7.82 Å². The molecule has 0 saturated heterocycles. The molecular weight excluding hydrogens is 477 g/mol. The number of nitrogens with zero attached hydrogens (tertiary/aromatic N) is 1. The molecular formula is C28H61NO6P+. The predicted octanol–water partition coefficient (Wildman–Crippen LogP) is 6.98. The van der Waals surface area contributed by atoms with E-state index in [9.17, 15) is 14.6 Å². The molecule has 0 heterocycles. The summed E-state index contributed by atoms with van der Waals surface area (Å²) in [6, 6.07) is 0. The lowest BCUT2D eigenvalue weighted by molar-refractivity contribution is -0.876. The third-order valence-corrected chi connectivity index (χ3v) is 7.78. The number of phosphoric acid groups is 1. The summed E-state index contributed by atoms with van der Waals surface area (Å²) < 4.78 is 24.4. The predicted molar refractivity (Wildman–Crippen MR) is 150 cm³/mol. The first kappa shape index (κ1) is 36.0. The molecule has 0 radical (unpaired) electrons. The molecule has 0 bridgehead atoms. The van der Waals surface area contributed by atoms with Crippen LogP contribution in [0, 0.1) is 0 Å². The molecule has 0 aromatic rings. The summed E-state index contributed by atoms with van der Waals surface area (Å²) in [5.41, 5.74) is -0.764. The normalized spacial score (nSPS) is 16.6. The standard InChI is InChI=1S/C28H60NO6P/c1-6-8-10-11-12-13-14-15-16-17-18-19-21-23-28(22-20-9-7-2,26-29(3,4)5)35-36(32,33)34-25-27(31)24-30/h27,30-31H,6-26H2,1-5H3/p+1. The maximum Gasteiger partial charge on any atom is 0.473 e. The fourth-order valence-electron chi connectivity index (χ4n) is 4.93. The van der Waals surface area contributed by atoms with Crippen LogP contribution in [-0.2, 0) is 13.6 Å². The first-order valence-electron chi connectivity index (χ1n) is 14.8. The Morgan fingerprint density at radius 3 is 1.56 bits per heavy atom. The van der Waals surface area contributed by atoms with E-state index in [0.29, 0.717) is 23.9 Å². The minimum atomic E-state index is -4.38. The number of hydrogen-bond donors (Lipinski definition) is 3. The first-order chi connectivity index (χ1) is 17.0. The van der Waals surface area contributed by atoms with Gasteiger partial charge >= 0.3 is 7.82 Å². The van der Waals surface area contributed by atoms with Gasteiger partial charge in [-0.05, 0) is 12.8 Å². The van der Waals surface area contributed by atoms with E-state index in [4.69, 9.17) is 14.2 Å². The van der Waals surface area contributed by atoms with Crippen molar-refractivity contribution in [3.63, 3.8) is 0 Å². The van der Waals surface area contributed by atoms with Crippen LogP contribution < -0.4 is 0 Å². The second kappa shape index (κ2) is 20.9. The van der Waals surface area contributed by atoms with Crippen LogP contribution in [0.2, 0.25) is 0 Å². The van der Waals surface area contributed by atoms with Crippen LogP contribution in [0.1, 0.15) is 129 Å². The number of aliphatic hydroxyl groups is 2. The van der Waals surface area contributed by atoms with E-state index in [2.05, 4.69) is 35.0 Å². The second-order valence-corrected chi connectivity index (χ2v) is 13.2. The smallest absolute Gasteiger partial charge is 0.394 e. The Morgan fingerprint density at radius 2 is 1.14 bits per heavy atom. The highest BCUT2D eigenvalue weighted by molar-refractivity contribution is 7.47. The summed E-state index contributed by atoms with van der Waals surface area (Å²) in [7, 11) is 1.83. The van der Waals surface area contributed by atoms with Crippen LogP contribution in [0.5, 0.6) is 0 Å². The zero-order valence-electron chi connectivity index (χ0n) is 24.4. The van der Waals surface area contributed by atoms with E-state index < -0.39 is 32.7 Å². The van der Waals surface area contributed by atoms with Crippen molar-refractivity contribution in [3.05, 3.63) is 0 Å². The van der Waals surface area contributed by atoms with Gasteiger partial charge in [0.05, 0.1) is 34.4 Å². The summed E-state index contributed by atoms with van der Waals surface area (Å²) >= 11 is 0. The third-order valence-electron chi connectivity index (χ3n) is 6.68. The Bertz CT molecular complexity index is 557. The molecule has 0 amide bonds. The van der Waals surface area contributed by atoms with Crippen LogP contribution in [0.25, 0.3) is 0 Å². The minimum Gasteiger partial charge on any atom is -0.394 e. The highest BCUT2D eigenvalue weighted by Gasteiger charge is 2.43. The quantitative estimate of drug-likeness (QED) is 0.0625. The third kappa shape index (κ3) is 21.0. The molecule has 218 valence electrons. The van der Waals surface area contributed by atoms with Gasteiger partial charge in [-0.2, -0.15) is 0 Å². The molecule has 0 spiro atoms. The van der Waals surface area contributed by atoms with Crippen molar-refractivity contribution in [2.75, 3.05) is 40.9 Å². The van der Waals surface area contributed by atoms with Crippen LogP contribution in [0.15, 0.2) is 0 Å². The van der Waals surface area contributed by atoms with E-state index >= 15 is 0 Å². The lowest BCUT2D eigenvalue weighted by Crippen LogP contribution is -2.50. The summed E-state index contributed by atoms with van der Waals surface area (Å²) in [5.74, 6) is 0. The van der Waals surface area contributed by atoms with Gasteiger partial charge < -0.3 is 19.6 Å². The SMILES string of the molecule is CCCCCCCCCCCCCCCC(CCCCC)(C[N+](C)(C)C)OP(=O)(O)OCC(O)CO. The van der Waals surface area contributed by atoms with Gasteiger partial charge in [0.25, 0.3) is 0 Å². The summed E-state index contributed by atoms with van der Waals surface area (Å²) in [6.45, 7) is 4.05. The van der Waals surface area contributed by atoms with Crippen molar-refractivity contribution in [2.45, 2.75) is 141 Å². The Labute approximate surface area is 223 Å². The van der Waals surface area contributed by atoms with Gasteiger partial charge in [-0.25, -0.2) is 4.57 Å². The van der Waals surface area contributed by atoms with E-state index in [-0.39, 0.29) is 0 Å². The van der Waals surface area contributed by atoms with Gasteiger partial charge in [0.1, 0.15) is 18.2 Å². The van der Waals surface area contributed by atoms with Crippen molar-refractivity contribution in [3.8, 4) is 0 Å². The Hall–Kier alpha value is -0.0100. The van der Waals surface area contributed by atoms with Crippen molar-refractivity contribution in [2.24, 2.45) is 0 Å². The molecule has 0 aromatic heterocycles. The minimum absolute atomic E-state index is 0.432. The number of unbranched alkanes of at least 4 members (excludes halogenated alkanes) is 14. The fourth-order valence-corrected chi connectivity index (χ4v) is 6.08. The summed E-state index contributed by atoms with van der Waals surface area (Å²) in [4.78, 5) is 10.5. The van der Waals surface area contributed by atoms with Crippen molar-refractivity contribution in [1.29, 1.82) is 0 Å². The van der Waals surface area contributed by atoms with E-state index in [1.165, 1.54) is 70.6 Å². The average molecular weight is 539 g/mol. The van der Waals surface area contributed by atoms with Crippen LogP contribution in [0.4, 0.5) is 0 Å². The highest BCUT2D eigenvalue weighted by atomic mass is 31.2. The van der Waals surface area contributed by atoms with E-state index in [1.807, 2.05) is 0 Å². The monoisotopic (exact) mass is 538 g/mol. The molecule has 3 N–H and O–H groups in total. The molecule has 3 unspecified atom stereocenters. The largest absolute Gasteiger partial charge is 0.473 e. The van der Waals surface area contributed by atoms with Crippen LogP contribution in [0.3, 0.4) is 0 Å². The van der Waals surface area contributed by atoms with E-state index in [1.54, 1.807) is 0 Å². The zero-order valence-corrected chi connectivity index (χ0v) is 25.3. The van der Waals surface area contributed by atoms with Gasteiger partial charge in [0, 0.05) is 0 Å². The van der Waals surface area contributed by atoms with Crippen molar-refractivity contribution in [1.82, 2.24) is 0 Å². The lowest BCUT2D eigenvalue weighted by atomic mass is 9.89. The number of likely N-dealkylation sites (N-methyl/N-ethyl adjacent to an activating group) is 1. The highest BCUT2D eigenvalue weighted by Crippen LogP contribution is 2.50. The Kier molecular flexibility index (Phi) is 20.9. The summed E-state index contributed by atoms with van der Waals surface area (Å²) in [6.07, 6.45) is 19.9. The molecule has 0 saturated carbocycles. The number of aliphatic hydroxyl groups excluding tert-OH is 2. The Balaban J connectivity index is 4.73. The maximum atomic E-state index is 12.8. The fraction of sp³-hybridized carbons (Fsp3) is 1.00. The number of hydrogen-bond acceptors (Lipinski definition) is 5. The number of phosphoric ester groups is 1. The molecule has 8 heteroatoms. The molecule has 7 nitrogen and oxygen atoms in total. The maximum absolute atomic E-state index is 12.8. The van der Waals surface area contributed by atoms with Gasteiger partial charge in [-0.15, -0.1) is 0 Å². The summed E-state index contributed by atoms with van der Waals surface area (Å²) in [5, 5.41) is 18.6. The Morgan fingerprint density at radius 1 is 0.750 bits per heavy atom. The second-order valence-electron chi connectivity index (χ2n) is 11.8.